The number of aromatic nitrogens is 3. The van der Waals surface area contributed by atoms with Crippen LogP contribution in [0.5, 0.6) is 0 Å². The van der Waals surface area contributed by atoms with E-state index < -0.39 is 0 Å². The van der Waals surface area contributed by atoms with E-state index in [4.69, 9.17) is 5.10 Å². The second kappa shape index (κ2) is 8.34. The van der Waals surface area contributed by atoms with Crippen LogP contribution < -0.4 is 9.80 Å². The number of pyridine rings is 1. The van der Waals surface area contributed by atoms with Crippen LogP contribution in [0.3, 0.4) is 0 Å². The molecule has 31 heavy (non-hydrogen) atoms. The van der Waals surface area contributed by atoms with Crippen molar-refractivity contribution in [2.24, 2.45) is 0 Å². The van der Waals surface area contributed by atoms with Gasteiger partial charge in [0.05, 0.1) is 5.69 Å². The second-order valence-electron chi connectivity index (χ2n) is 8.38. The number of anilines is 2. The number of fused-ring (bicyclic) bond motifs is 1. The molecule has 0 spiro atoms. The van der Waals surface area contributed by atoms with Crippen LogP contribution >= 0.6 is 0 Å². The maximum absolute atomic E-state index is 4.71. The van der Waals surface area contributed by atoms with Crippen molar-refractivity contribution < 1.29 is 0 Å². The molecule has 1 aliphatic heterocycles. The van der Waals surface area contributed by atoms with Crippen molar-refractivity contribution in [2.75, 3.05) is 29.4 Å². The van der Waals surface area contributed by atoms with Gasteiger partial charge >= 0.3 is 0 Å². The Bertz CT molecular complexity index is 1190. The molecular weight excluding hydrogens is 382 g/mol. The van der Waals surface area contributed by atoms with Gasteiger partial charge in [-0.25, -0.2) is 0 Å². The first-order chi connectivity index (χ1) is 15.2. The van der Waals surface area contributed by atoms with Crippen molar-refractivity contribution in [1.82, 2.24) is 15.2 Å². The highest BCUT2D eigenvalue weighted by Crippen LogP contribution is 2.30. The molecule has 0 N–H and O–H groups in total. The Labute approximate surface area is 183 Å². The number of rotatable bonds is 4. The molecule has 0 bridgehead atoms. The minimum atomic E-state index is 0.396. The zero-order valence-corrected chi connectivity index (χ0v) is 18.1. The minimum absolute atomic E-state index is 0.396. The van der Waals surface area contributed by atoms with Crippen molar-refractivity contribution in [3.05, 3.63) is 89.9 Å². The SMILES string of the molecule is Cc1cccc(N2CCN(c3nnc(Cc4ccncc4)c4ccccc34)CC2C)c1. The van der Waals surface area contributed by atoms with E-state index in [-0.39, 0.29) is 0 Å². The van der Waals surface area contributed by atoms with Gasteiger partial charge < -0.3 is 9.80 Å². The zero-order valence-electron chi connectivity index (χ0n) is 18.1. The Morgan fingerprint density at radius 3 is 2.48 bits per heavy atom. The summed E-state index contributed by atoms with van der Waals surface area (Å²) < 4.78 is 0. The van der Waals surface area contributed by atoms with E-state index >= 15 is 0 Å². The molecule has 1 fully saturated rings. The monoisotopic (exact) mass is 409 g/mol. The van der Waals surface area contributed by atoms with Gasteiger partial charge in [-0.1, -0.05) is 36.4 Å². The van der Waals surface area contributed by atoms with Crippen LogP contribution in [-0.2, 0) is 6.42 Å². The first-order valence-corrected chi connectivity index (χ1v) is 10.9. The Hall–Kier alpha value is -3.47. The molecule has 0 aliphatic carbocycles. The normalized spacial score (nSPS) is 16.6. The van der Waals surface area contributed by atoms with E-state index in [9.17, 15) is 0 Å². The third-order valence-corrected chi connectivity index (χ3v) is 6.13. The van der Waals surface area contributed by atoms with E-state index in [1.807, 2.05) is 24.5 Å². The van der Waals surface area contributed by atoms with Gasteiger partial charge in [-0.15, -0.1) is 5.10 Å². The highest BCUT2D eigenvalue weighted by molar-refractivity contribution is 5.93. The Morgan fingerprint density at radius 1 is 0.903 bits per heavy atom. The van der Waals surface area contributed by atoms with Gasteiger partial charge in [0.15, 0.2) is 5.82 Å². The fourth-order valence-electron chi connectivity index (χ4n) is 4.54. The molecule has 2 aromatic carbocycles. The van der Waals surface area contributed by atoms with Crippen LogP contribution in [0.1, 0.15) is 23.7 Å². The number of benzene rings is 2. The van der Waals surface area contributed by atoms with Gasteiger partial charge in [0.1, 0.15) is 0 Å². The van der Waals surface area contributed by atoms with Crippen LogP contribution in [0.15, 0.2) is 73.1 Å². The Balaban J connectivity index is 1.43. The third kappa shape index (κ3) is 3.96. The quantitative estimate of drug-likeness (QED) is 0.491. The summed E-state index contributed by atoms with van der Waals surface area (Å²) in [6, 6.07) is 21.8. The summed E-state index contributed by atoms with van der Waals surface area (Å²) >= 11 is 0. The minimum Gasteiger partial charge on any atom is -0.365 e. The summed E-state index contributed by atoms with van der Waals surface area (Å²) in [5, 5.41) is 11.7. The topological polar surface area (TPSA) is 45.2 Å². The molecule has 1 aliphatic rings. The summed E-state index contributed by atoms with van der Waals surface area (Å²) in [5.74, 6) is 0.991. The highest BCUT2D eigenvalue weighted by atomic mass is 15.3. The van der Waals surface area contributed by atoms with Crippen molar-refractivity contribution in [3.8, 4) is 0 Å². The largest absolute Gasteiger partial charge is 0.365 e. The molecule has 3 heterocycles. The first kappa shape index (κ1) is 19.5. The fourth-order valence-corrected chi connectivity index (χ4v) is 4.54. The molecule has 0 saturated carbocycles. The van der Waals surface area contributed by atoms with E-state index in [0.29, 0.717) is 6.04 Å². The molecule has 2 aromatic heterocycles. The Kier molecular flexibility index (Phi) is 5.24. The molecule has 1 saturated heterocycles. The lowest BCUT2D eigenvalue weighted by Gasteiger charge is -2.42. The maximum Gasteiger partial charge on any atom is 0.159 e. The summed E-state index contributed by atoms with van der Waals surface area (Å²) in [7, 11) is 0. The van der Waals surface area contributed by atoms with Gasteiger partial charge in [0, 0.05) is 61.0 Å². The molecule has 5 heteroatoms. The third-order valence-electron chi connectivity index (χ3n) is 6.13. The van der Waals surface area contributed by atoms with Gasteiger partial charge in [-0.3, -0.25) is 4.98 Å². The summed E-state index contributed by atoms with van der Waals surface area (Å²) in [6.45, 7) is 7.28. The average molecular weight is 410 g/mol. The summed E-state index contributed by atoms with van der Waals surface area (Å²) in [6.07, 6.45) is 4.41. The molecule has 0 radical (unpaired) electrons. The molecular formula is C26H27N5. The predicted octanol–water partition coefficient (Wildman–Crippen LogP) is 4.64. The number of nitrogens with zero attached hydrogens (tertiary/aromatic N) is 5. The van der Waals surface area contributed by atoms with Crippen LogP contribution in [0, 0.1) is 6.92 Å². The molecule has 156 valence electrons. The summed E-state index contributed by atoms with van der Waals surface area (Å²) in [5.41, 5.74) is 4.81. The fraction of sp³-hybridized carbons (Fsp3) is 0.269. The van der Waals surface area contributed by atoms with E-state index in [1.165, 1.54) is 27.6 Å². The standard InChI is InChI=1S/C26H27N5/c1-19-6-5-7-22(16-19)31-15-14-30(18-20(31)2)26-24-9-4-3-8-23(24)25(28-29-26)17-21-10-12-27-13-11-21/h3-13,16,20H,14-15,17-18H2,1-2H3. The first-order valence-electron chi connectivity index (χ1n) is 10.9. The van der Waals surface area contributed by atoms with Crippen molar-refractivity contribution in [3.63, 3.8) is 0 Å². The predicted molar refractivity (Wildman–Crippen MR) is 127 cm³/mol. The van der Waals surface area contributed by atoms with Crippen molar-refractivity contribution in [1.29, 1.82) is 0 Å². The van der Waals surface area contributed by atoms with Crippen LogP contribution in [0.4, 0.5) is 11.5 Å². The highest BCUT2D eigenvalue weighted by Gasteiger charge is 2.26. The van der Waals surface area contributed by atoms with Gasteiger partial charge in [-0.2, -0.15) is 5.10 Å². The summed E-state index contributed by atoms with van der Waals surface area (Å²) in [4.78, 5) is 9.01. The second-order valence-corrected chi connectivity index (χ2v) is 8.38. The number of hydrogen-bond acceptors (Lipinski definition) is 5. The van der Waals surface area contributed by atoms with Crippen molar-refractivity contribution in [2.45, 2.75) is 26.3 Å². The van der Waals surface area contributed by atoms with Gasteiger partial charge in [-0.05, 0) is 49.2 Å². The Morgan fingerprint density at radius 2 is 1.71 bits per heavy atom. The molecule has 5 rings (SSSR count). The molecule has 1 unspecified atom stereocenters. The lowest BCUT2D eigenvalue weighted by Crippen LogP contribution is -2.52. The lowest BCUT2D eigenvalue weighted by molar-refractivity contribution is 0.546. The van der Waals surface area contributed by atoms with E-state index in [1.54, 1.807) is 0 Å². The smallest absolute Gasteiger partial charge is 0.159 e. The number of piperazine rings is 1. The molecule has 0 amide bonds. The average Bonchev–Trinajstić information content (AvgIpc) is 2.80. The zero-order chi connectivity index (χ0) is 21.2. The number of aryl methyl sites for hydroxylation is 1. The van der Waals surface area contributed by atoms with Crippen molar-refractivity contribution >= 4 is 22.3 Å². The van der Waals surface area contributed by atoms with Crippen LogP contribution in [-0.4, -0.2) is 40.9 Å². The maximum atomic E-state index is 4.71. The van der Waals surface area contributed by atoms with Gasteiger partial charge in [0.2, 0.25) is 0 Å². The van der Waals surface area contributed by atoms with E-state index in [0.717, 1.165) is 37.6 Å². The molecule has 5 nitrogen and oxygen atoms in total. The van der Waals surface area contributed by atoms with Crippen LogP contribution in [0.2, 0.25) is 0 Å². The molecule has 4 aromatic rings. The van der Waals surface area contributed by atoms with Crippen LogP contribution in [0.25, 0.3) is 10.8 Å². The molecule has 1 atom stereocenters. The van der Waals surface area contributed by atoms with Gasteiger partial charge in [0.25, 0.3) is 0 Å². The number of hydrogen-bond donors (Lipinski definition) is 0. The lowest BCUT2D eigenvalue weighted by atomic mass is 10.0. The van der Waals surface area contributed by atoms with E-state index in [2.05, 4.69) is 82.3 Å².